The van der Waals surface area contributed by atoms with E-state index in [1.54, 1.807) is 17.4 Å². The molecule has 0 amide bonds. The van der Waals surface area contributed by atoms with Crippen LogP contribution in [0.5, 0.6) is 0 Å². The van der Waals surface area contributed by atoms with Gasteiger partial charge in [0.15, 0.2) is 0 Å². The van der Waals surface area contributed by atoms with Crippen molar-refractivity contribution >= 4 is 34.0 Å². The van der Waals surface area contributed by atoms with E-state index in [9.17, 15) is 0 Å². The van der Waals surface area contributed by atoms with Crippen LogP contribution in [0.4, 0.5) is 0 Å². The SMILES string of the molecule is N#Cc1c[c]c(-c2ccc(-c3ccc(C#N)s3)s2)s1. The fourth-order valence-corrected chi connectivity index (χ4v) is 4.32. The van der Waals surface area contributed by atoms with Crippen molar-refractivity contribution in [2.75, 3.05) is 0 Å². The van der Waals surface area contributed by atoms with Crippen LogP contribution in [-0.4, -0.2) is 0 Å². The minimum Gasteiger partial charge on any atom is -0.192 e. The number of nitrogens with zero attached hydrogens (tertiary/aromatic N) is 2. The molecule has 0 spiro atoms. The number of hydrogen-bond donors (Lipinski definition) is 0. The molecule has 2 nitrogen and oxygen atoms in total. The van der Waals surface area contributed by atoms with Crippen molar-refractivity contribution in [3.8, 4) is 31.6 Å². The average Bonchev–Trinajstić information content (AvgIpc) is 3.16. The van der Waals surface area contributed by atoms with Crippen LogP contribution >= 0.6 is 34.0 Å². The molecule has 3 rings (SSSR count). The van der Waals surface area contributed by atoms with E-state index in [-0.39, 0.29) is 0 Å². The van der Waals surface area contributed by atoms with Crippen LogP contribution in [0.3, 0.4) is 0 Å². The molecule has 1 radical (unpaired) electrons. The van der Waals surface area contributed by atoms with Crippen LogP contribution < -0.4 is 0 Å². The molecule has 5 heteroatoms. The lowest BCUT2D eigenvalue weighted by Gasteiger charge is -1.89. The summed E-state index contributed by atoms with van der Waals surface area (Å²) in [6, 6.07) is 17.0. The number of rotatable bonds is 2. The Hall–Kier alpha value is -1.92. The minimum absolute atomic E-state index is 0.674. The average molecular weight is 297 g/mol. The van der Waals surface area contributed by atoms with Gasteiger partial charge in [-0.2, -0.15) is 10.5 Å². The molecule has 3 heterocycles. The number of thiophene rings is 3. The zero-order chi connectivity index (χ0) is 13.2. The summed E-state index contributed by atoms with van der Waals surface area (Å²) in [5.41, 5.74) is 0. The summed E-state index contributed by atoms with van der Waals surface area (Å²) in [6.45, 7) is 0. The van der Waals surface area contributed by atoms with Crippen LogP contribution in [0.25, 0.3) is 19.5 Å². The van der Waals surface area contributed by atoms with E-state index in [0.717, 1.165) is 24.4 Å². The molecule has 0 fully saturated rings. The third-order valence-corrected chi connectivity index (χ3v) is 5.83. The molecular formula is C14H5N2S3. The van der Waals surface area contributed by atoms with Crippen molar-refractivity contribution in [3.63, 3.8) is 0 Å². The lowest BCUT2D eigenvalue weighted by molar-refractivity contribution is 1.52. The van der Waals surface area contributed by atoms with Crippen LogP contribution in [0, 0.1) is 28.7 Å². The van der Waals surface area contributed by atoms with E-state index in [0.29, 0.717) is 4.88 Å². The Morgan fingerprint density at radius 1 is 0.789 bits per heavy atom. The second-order valence-electron chi connectivity index (χ2n) is 3.64. The predicted molar refractivity (Wildman–Crippen MR) is 79.2 cm³/mol. The van der Waals surface area contributed by atoms with Gasteiger partial charge in [-0.3, -0.25) is 0 Å². The van der Waals surface area contributed by atoms with Crippen molar-refractivity contribution in [3.05, 3.63) is 46.2 Å². The summed E-state index contributed by atoms with van der Waals surface area (Å²) in [6.07, 6.45) is 0. The fourth-order valence-electron chi connectivity index (χ4n) is 1.60. The molecule has 0 aliphatic heterocycles. The van der Waals surface area contributed by atoms with Crippen molar-refractivity contribution in [2.45, 2.75) is 0 Å². The van der Waals surface area contributed by atoms with Crippen molar-refractivity contribution < 1.29 is 0 Å². The molecular weight excluding hydrogens is 292 g/mol. The van der Waals surface area contributed by atoms with Gasteiger partial charge in [0.05, 0.1) is 4.88 Å². The minimum atomic E-state index is 0.674. The molecule has 3 aromatic rings. The molecule has 0 aliphatic carbocycles. The maximum absolute atomic E-state index is 8.84. The largest absolute Gasteiger partial charge is 0.192 e. The van der Waals surface area contributed by atoms with Crippen molar-refractivity contribution in [2.24, 2.45) is 0 Å². The Balaban J connectivity index is 1.95. The van der Waals surface area contributed by atoms with Gasteiger partial charge >= 0.3 is 0 Å². The Morgan fingerprint density at radius 3 is 2.16 bits per heavy atom. The van der Waals surface area contributed by atoms with Crippen LogP contribution in [0.1, 0.15) is 9.75 Å². The molecule has 0 aromatic carbocycles. The smallest absolute Gasteiger partial charge is 0.110 e. The molecule has 0 aliphatic rings. The molecule has 0 saturated heterocycles. The standard InChI is InChI=1S/C14H5N2S3/c15-7-9-1-3-11(17-9)13-5-6-14(19-13)12-4-2-10(8-16)18-12/h1-3,5-6H. The Labute approximate surface area is 122 Å². The molecule has 19 heavy (non-hydrogen) atoms. The third-order valence-electron chi connectivity index (χ3n) is 2.45. The highest BCUT2D eigenvalue weighted by Gasteiger charge is 2.09. The first-order valence-corrected chi connectivity index (χ1v) is 7.77. The third kappa shape index (κ3) is 2.32. The highest BCUT2D eigenvalue weighted by molar-refractivity contribution is 7.26. The monoisotopic (exact) mass is 297 g/mol. The van der Waals surface area contributed by atoms with Crippen molar-refractivity contribution in [1.29, 1.82) is 10.5 Å². The summed E-state index contributed by atoms with van der Waals surface area (Å²) in [5, 5.41) is 17.7. The van der Waals surface area contributed by atoms with Crippen LogP contribution in [0.2, 0.25) is 0 Å². The second-order valence-corrected chi connectivity index (χ2v) is 6.86. The zero-order valence-corrected chi connectivity index (χ0v) is 12.0. The Kier molecular flexibility index (Phi) is 3.18. The quantitative estimate of drug-likeness (QED) is 0.685. The van der Waals surface area contributed by atoms with Crippen molar-refractivity contribution in [1.82, 2.24) is 0 Å². The summed E-state index contributed by atoms with van der Waals surface area (Å²) < 4.78 is 0. The normalized spacial score (nSPS) is 10.0. The molecule has 0 unspecified atom stereocenters. The van der Waals surface area contributed by atoms with Gasteiger partial charge < -0.3 is 0 Å². The summed E-state index contributed by atoms with van der Waals surface area (Å²) in [4.78, 5) is 5.73. The number of nitriles is 2. The first kappa shape index (κ1) is 12.1. The highest BCUT2D eigenvalue weighted by Crippen LogP contribution is 2.39. The van der Waals surface area contributed by atoms with Gasteiger partial charge in [0.1, 0.15) is 21.9 Å². The first-order chi connectivity index (χ1) is 9.30. The Bertz CT molecular complexity index is 741. The lowest BCUT2D eigenvalue weighted by Crippen LogP contribution is -1.58. The van der Waals surface area contributed by atoms with Crippen LogP contribution in [0.15, 0.2) is 30.3 Å². The summed E-state index contributed by atoms with van der Waals surface area (Å²) in [5.74, 6) is 0. The maximum Gasteiger partial charge on any atom is 0.110 e. The van der Waals surface area contributed by atoms with E-state index in [4.69, 9.17) is 10.5 Å². The maximum atomic E-state index is 8.84. The Morgan fingerprint density at radius 2 is 1.47 bits per heavy atom. The van der Waals surface area contributed by atoms with E-state index < -0.39 is 0 Å². The highest BCUT2D eigenvalue weighted by atomic mass is 32.1. The molecule has 89 valence electrons. The second kappa shape index (κ2) is 4.99. The van der Waals surface area contributed by atoms with Gasteiger partial charge in [-0.25, -0.2) is 0 Å². The van der Waals surface area contributed by atoms with E-state index in [1.807, 2.05) is 24.3 Å². The van der Waals surface area contributed by atoms with Gasteiger partial charge in [-0.1, -0.05) is 0 Å². The molecule has 0 N–H and O–H groups in total. The van der Waals surface area contributed by atoms with Gasteiger partial charge in [0, 0.05) is 20.7 Å². The summed E-state index contributed by atoms with van der Waals surface area (Å²) >= 11 is 4.60. The van der Waals surface area contributed by atoms with E-state index >= 15 is 0 Å². The van der Waals surface area contributed by atoms with E-state index in [2.05, 4.69) is 18.2 Å². The molecule has 0 atom stereocenters. The summed E-state index contributed by atoms with van der Waals surface area (Å²) in [7, 11) is 0. The van der Waals surface area contributed by atoms with E-state index in [1.165, 1.54) is 22.7 Å². The fraction of sp³-hybridized carbons (Fsp3) is 0. The van der Waals surface area contributed by atoms with Gasteiger partial charge in [0.25, 0.3) is 0 Å². The zero-order valence-electron chi connectivity index (χ0n) is 9.51. The first-order valence-electron chi connectivity index (χ1n) is 5.32. The van der Waals surface area contributed by atoms with Crippen LogP contribution in [-0.2, 0) is 0 Å². The topological polar surface area (TPSA) is 47.6 Å². The molecule has 0 saturated carbocycles. The van der Waals surface area contributed by atoms with Gasteiger partial charge in [-0.05, 0) is 30.3 Å². The lowest BCUT2D eigenvalue weighted by atomic mass is 10.3. The molecule has 0 bridgehead atoms. The van der Waals surface area contributed by atoms with Gasteiger partial charge in [0.2, 0.25) is 0 Å². The number of hydrogen-bond acceptors (Lipinski definition) is 5. The van der Waals surface area contributed by atoms with Gasteiger partial charge in [-0.15, -0.1) is 34.0 Å². The molecule has 3 aromatic heterocycles. The predicted octanol–water partition coefficient (Wildman–Crippen LogP) is 4.75.